The highest BCUT2D eigenvalue weighted by atomic mass is 16.5. The third kappa shape index (κ3) is 6.51. The third-order valence-electron chi connectivity index (χ3n) is 5.62. The largest absolute Gasteiger partial charge is 0.497 e. The van der Waals surface area contributed by atoms with E-state index in [1.807, 2.05) is 59.1 Å². The minimum atomic E-state index is -0.227. The summed E-state index contributed by atoms with van der Waals surface area (Å²) in [7, 11) is 3.50. The Hall–Kier alpha value is -2.96. The number of hydrogen-bond acceptors (Lipinski definition) is 5. The van der Waals surface area contributed by atoms with Crippen molar-refractivity contribution >= 4 is 11.9 Å². The van der Waals surface area contributed by atoms with Gasteiger partial charge in [0.25, 0.3) is 5.91 Å². The number of hydrogen-bond donors (Lipinski definition) is 0. The van der Waals surface area contributed by atoms with Gasteiger partial charge in [0, 0.05) is 38.7 Å². The number of aromatic nitrogens is 1. The number of nitrogens with zero attached hydrogens (tertiary/aromatic N) is 2. The Kier molecular flexibility index (Phi) is 8.38. The summed E-state index contributed by atoms with van der Waals surface area (Å²) >= 11 is 0. The van der Waals surface area contributed by atoms with Gasteiger partial charge in [-0.3, -0.25) is 9.59 Å². The zero-order valence-electron chi connectivity index (χ0n) is 18.4. The van der Waals surface area contributed by atoms with Crippen molar-refractivity contribution in [3.05, 3.63) is 48.3 Å². The summed E-state index contributed by atoms with van der Waals surface area (Å²) in [6.07, 6.45) is 6.51. The summed E-state index contributed by atoms with van der Waals surface area (Å²) < 4.78 is 18.0. The number of benzene rings is 1. The lowest BCUT2D eigenvalue weighted by molar-refractivity contribution is -0.144. The van der Waals surface area contributed by atoms with Crippen molar-refractivity contribution < 1.29 is 23.8 Å². The molecule has 2 aromatic rings. The lowest BCUT2D eigenvalue weighted by Gasteiger charge is -2.35. The highest BCUT2D eigenvalue weighted by Gasteiger charge is 2.28. The van der Waals surface area contributed by atoms with E-state index in [2.05, 4.69) is 0 Å². The number of likely N-dealkylation sites (tertiary alicyclic amines) is 1. The van der Waals surface area contributed by atoms with E-state index in [1.165, 1.54) is 0 Å². The zero-order valence-corrected chi connectivity index (χ0v) is 18.4. The highest BCUT2D eigenvalue weighted by molar-refractivity contribution is 5.93. The quantitative estimate of drug-likeness (QED) is 0.425. The molecule has 0 spiro atoms. The number of piperidine rings is 1. The minimum Gasteiger partial charge on any atom is -0.497 e. The van der Waals surface area contributed by atoms with E-state index >= 15 is 0 Å². The van der Waals surface area contributed by atoms with Crippen LogP contribution in [0.3, 0.4) is 0 Å². The first-order valence-corrected chi connectivity index (χ1v) is 10.9. The molecule has 168 valence electrons. The standard InChI is InChI=1S/C24H32N2O5/c1-25-15-5-8-22(25)24(28)26-16-4-3-7-19(26)14-18-31-23(27)9-6-17-30-21-12-10-20(29-2)11-13-21/h5,8,10-13,15,19H,3-4,6-7,9,14,16-18H2,1-2H3/t19-/m0/s1. The molecule has 1 fully saturated rings. The molecule has 2 heterocycles. The molecule has 31 heavy (non-hydrogen) atoms. The summed E-state index contributed by atoms with van der Waals surface area (Å²) in [6.45, 7) is 1.54. The Morgan fingerprint density at radius 2 is 1.84 bits per heavy atom. The summed E-state index contributed by atoms with van der Waals surface area (Å²) in [5.41, 5.74) is 0.695. The highest BCUT2D eigenvalue weighted by Crippen LogP contribution is 2.22. The molecule has 1 aromatic heterocycles. The Morgan fingerprint density at radius 3 is 2.55 bits per heavy atom. The molecule has 0 bridgehead atoms. The number of amides is 1. The monoisotopic (exact) mass is 428 g/mol. The van der Waals surface area contributed by atoms with Gasteiger partial charge in [0.2, 0.25) is 0 Å². The summed E-state index contributed by atoms with van der Waals surface area (Å²) in [4.78, 5) is 26.9. The van der Waals surface area contributed by atoms with Gasteiger partial charge >= 0.3 is 5.97 Å². The number of rotatable bonds is 10. The van der Waals surface area contributed by atoms with Crippen LogP contribution in [0, 0.1) is 0 Å². The van der Waals surface area contributed by atoms with Crippen LogP contribution in [0.2, 0.25) is 0 Å². The van der Waals surface area contributed by atoms with Crippen LogP contribution in [-0.4, -0.2) is 54.3 Å². The predicted octanol–water partition coefficient (Wildman–Crippen LogP) is 3.82. The average Bonchev–Trinajstić information content (AvgIpc) is 3.23. The van der Waals surface area contributed by atoms with Crippen molar-refractivity contribution in [2.45, 2.75) is 44.6 Å². The lowest BCUT2D eigenvalue weighted by atomic mass is 9.99. The number of carbonyl (C=O) groups is 2. The fourth-order valence-corrected chi connectivity index (χ4v) is 3.86. The Balaban J connectivity index is 1.35. The first-order chi connectivity index (χ1) is 15.1. The fraction of sp³-hybridized carbons (Fsp3) is 0.500. The molecule has 1 aliphatic heterocycles. The van der Waals surface area contributed by atoms with Crippen LogP contribution in [-0.2, 0) is 16.6 Å². The Morgan fingerprint density at radius 1 is 1.06 bits per heavy atom. The Bertz CT molecular complexity index is 846. The number of aryl methyl sites for hydroxylation is 1. The van der Waals surface area contributed by atoms with Crippen LogP contribution in [0.15, 0.2) is 42.6 Å². The second kappa shape index (κ2) is 11.4. The van der Waals surface area contributed by atoms with Gasteiger partial charge in [-0.15, -0.1) is 0 Å². The second-order valence-corrected chi connectivity index (χ2v) is 7.79. The molecule has 1 saturated heterocycles. The van der Waals surface area contributed by atoms with E-state index < -0.39 is 0 Å². The molecular weight excluding hydrogens is 396 g/mol. The number of methoxy groups -OCH3 is 1. The van der Waals surface area contributed by atoms with Crippen LogP contribution >= 0.6 is 0 Å². The molecular formula is C24H32N2O5. The molecule has 7 nitrogen and oxygen atoms in total. The maximum absolute atomic E-state index is 12.9. The molecule has 7 heteroatoms. The number of ether oxygens (including phenoxy) is 3. The summed E-state index contributed by atoms with van der Waals surface area (Å²) in [6, 6.07) is 11.2. The molecule has 0 N–H and O–H groups in total. The zero-order chi connectivity index (χ0) is 22.1. The molecule has 0 radical (unpaired) electrons. The van der Waals surface area contributed by atoms with Crippen molar-refractivity contribution in [2.24, 2.45) is 7.05 Å². The Labute approximate surface area is 183 Å². The van der Waals surface area contributed by atoms with Crippen LogP contribution < -0.4 is 9.47 Å². The molecule has 0 unspecified atom stereocenters. The first kappa shape index (κ1) is 22.7. The maximum atomic E-state index is 12.9. The van der Waals surface area contributed by atoms with E-state index in [-0.39, 0.29) is 17.9 Å². The minimum absolute atomic E-state index is 0.0548. The summed E-state index contributed by atoms with van der Waals surface area (Å²) in [5, 5.41) is 0. The van der Waals surface area contributed by atoms with E-state index in [9.17, 15) is 9.59 Å². The van der Waals surface area contributed by atoms with Crippen molar-refractivity contribution in [3.8, 4) is 11.5 Å². The third-order valence-corrected chi connectivity index (χ3v) is 5.62. The summed E-state index contributed by atoms with van der Waals surface area (Å²) in [5.74, 6) is 1.35. The molecule has 1 atom stereocenters. The van der Waals surface area contributed by atoms with Gasteiger partial charge in [0.1, 0.15) is 17.2 Å². The fourth-order valence-electron chi connectivity index (χ4n) is 3.86. The van der Waals surface area contributed by atoms with Crippen molar-refractivity contribution in [2.75, 3.05) is 26.9 Å². The van der Waals surface area contributed by atoms with Crippen LogP contribution in [0.4, 0.5) is 0 Å². The first-order valence-electron chi connectivity index (χ1n) is 10.9. The van der Waals surface area contributed by atoms with E-state index in [0.29, 0.717) is 38.2 Å². The number of carbonyl (C=O) groups excluding carboxylic acids is 2. The topological polar surface area (TPSA) is 70.0 Å². The predicted molar refractivity (Wildman–Crippen MR) is 117 cm³/mol. The van der Waals surface area contributed by atoms with Gasteiger partial charge < -0.3 is 23.7 Å². The lowest BCUT2D eigenvalue weighted by Crippen LogP contribution is -2.44. The van der Waals surface area contributed by atoms with Gasteiger partial charge in [0.15, 0.2) is 0 Å². The van der Waals surface area contributed by atoms with E-state index in [0.717, 1.165) is 37.3 Å². The van der Waals surface area contributed by atoms with Crippen molar-refractivity contribution in [1.82, 2.24) is 9.47 Å². The SMILES string of the molecule is COc1ccc(OCCCC(=O)OCC[C@@H]2CCCCN2C(=O)c2cccn2C)cc1. The van der Waals surface area contributed by atoms with Gasteiger partial charge in [-0.05, 0) is 62.1 Å². The second-order valence-electron chi connectivity index (χ2n) is 7.79. The smallest absolute Gasteiger partial charge is 0.305 e. The average molecular weight is 429 g/mol. The van der Waals surface area contributed by atoms with Gasteiger partial charge in [-0.2, -0.15) is 0 Å². The van der Waals surface area contributed by atoms with Crippen molar-refractivity contribution in [1.29, 1.82) is 0 Å². The number of esters is 1. The normalized spacial score (nSPS) is 16.1. The van der Waals surface area contributed by atoms with Crippen LogP contribution in [0.1, 0.15) is 49.0 Å². The van der Waals surface area contributed by atoms with Gasteiger partial charge in [-0.1, -0.05) is 0 Å². The molecule has 1 aliphatic rings. The molecule has 1 aromatic carbocycles. The van der Waals surface area contributed by atoms with Crippen LogP contribution in [0.25, 0.3) is 0 Å². The molecule has 0 aliphatic carbocycles. The molecule has 3 rings (SSSR count). The maximum Gasteiger partial charge on any atom is 0.305 e. The molecule has 1 amide bonds. The molecule has 0 saturated carbocycles. The van der Waals surface area contributed by atoms with Gasteiger partial charge in [-0.25, -0.2) is 0 Å². The van der Waals surface area contributed by atoms with Gasteiger partial charge in [0.05, 0.1) is 20.3 Å². The van der Waals surface area contributed by atoms with Crippen LogP contribution in [0.5, 0.6) is 11.5 Å². The van der Waals surface area contributed by atoms with E-state index in [4.69, 9.17) is 14.2 Å². The van der Waals surface area contributed by atoms with Crippen molar-refractivity contribution in [3.63, 3.8) is 0 Å². The van der Waals surface area contributed by atoms with E-state index in [1.54, 1.807) is 7.11 Å².